The van der Waals surface area contributed by atoms with Gasteiger partial charge in [-0.2, -0.15) is 0 Å². The van der Waals surface area contributed by atoms with E-state index in [0.29, 0.717) is 6.61 Å². The zero-order valence-electron chi connectivity index (χ0n) is 5.39. The minimum absolute atomic E-state index is 0.688. The van der Waals surface area contributed by atoms with Gasteiger partial charge in [0, 0.05) is 0 Å². The highest BCUT2D eigenvalue weighted by atomic mass is 35.7. The van der Waals surface area contributed by atoms with Gasteiger partial charge < -0.3 is 4.52 Å². The Bertz CT molecular complexity index is 62.0. The van der Waals surface area contributed by atoms with E-state index in [0.717, 1.165) is 0 Å². The molecule has 0 bridgehead atoms. The zero-order chi connectivity index (χ0) is 6.57. The summed E-state index contributed by atoms with van der Waals surface area (Å²) < 4.78 is 6.92. The van der Waals surface area contributed by atoms with Gasteiger partial charge in [0.1, 0.15) is 0 Å². The van der Waals surface area contributed by atoms with Crippen LogP contribution in [0.25, 0.3) is 0 Å². The third-order valence-electron chi connectivity index (χ3n) is 0.550. The first kappa shape index (κ1) is 8.64. The Balaban J connectivity index is 3.17. The molecule has 8 heavy (non-hydrogen) atoms. The predicted octanol–water partition coefficient (Wildman–Crippen LogP) is 2.05. The summed E-state index contributed by atoms with van der Waals surface area (Å²) in [5, 5.41) is 0. The summed E-state index contributed by atoms with van der Waals surface area (Å²) in [4.78, 5) is 0. The summed E-state index contributed by atoms with van der Waals surface area (Å²) in [5.41, 5.74) is 0. The summed E-state index contributed by atoms with van der Waals surface area (Å²) >= 11 is 5.68. The molecule has 50 valence electrons. The lowest BCUT2D eigenvalue weighted by Crippen LogP contribution is -2.02. The van der Waals surface area contributed by atoms with Crippen LogP contribution >= 0.6 is 18.9 Å². The van der Waals surface area contributed by atoms with Crippen molar-refractivity contribution in [3.63, 3.8) is 0 Å². The van der Waals surface area contributed by atoms with Crippen molar-refractivity contribution in [1.82, 2.24) is 4.67 Å². The normalized spacial score (nSPS) is 14.6. The Morgan fingerprint density at radius 1 is 1.62 bits per heavy atom. The first-order chi connectivity index (χ1) is 3.68. The van der Waals surface area contributed by atoms with E-state index in [1.165, 1.54) is 0 Å². The fraction of sp³-hybridized carbons (Fsp3) is 1.00. The van der Waals surface area contributed by atoms with E-state index < -0.39 is 7.65 Å². The molecule has 0 amide bonds. The third kappa shape index (κ3) is 3.62. The first-order valence-electron chi connectivity index (χ1n) is 2.44. The molecule has 0 radical (unpaired) electrons. The van der Waals surface area contributed by atoms with Gasteiger partial charge in [0.05, 0.1) is 6.61 Å². The van der Waals surface area contributed by atoms with Gasteiger partial charge in [0.2, 0.25) is 7.65 Å². The van der Waals surface area contributed by atoms with Gasteiger partial charge in [0.15, 0.2) is 0 Å². The van der Waals surface area contributed by atoms with Crippen LogP contribution in [0.3, 0.4) is 0 Å². The second-order valence-electron chi connectivity index (χ2n) is 1.49. The molecule has 0 fully saturated rings. The standard InChI is InChI=1S/C4H11ClNOP/c1-4-7-8(5)6(2)3/h4H2,1-3H3. The Morgan fingerprint density at radius 3 is 2.25 bits per heavy atom. The summed E-state index contributed by atoms with van der Waals surface area (Å²) in [6.45, 7) is 2.62. The number of rotatable bonds is 3. The largest absolute Gasteiger partial charge is 0.332 e. The zero-order valence-corrected chi connectivity index (χ0v) is 7.04. The number of hydrogen-bond donors (Lipinski definition) is 0. The minimum atomic E-state index is -0.834. The first-order valence-corrected chi connectivity index (χ1v) is 4.56. The molecule has 0 heterocycles. The Labute approximate surface area is 56.4 Å². The average molecular weight is 156 g/mol. The van der Waals surface area contributed by atoms with Crippen LogP contribution in [0.4, 0.5) is 0 Å². The summed E-state index contributed by atoms with van der Waals surface area (Å²) in [7, 11) is 2.96. The molecule has 0 saturated carbocycles. The molecule has 0 N–H and O–H groups in total. The molecule has 0 aliphatic rings. The van der Waals surface area contributed by atoms with Crippen molar-refractivity contribution < 1.29 is 4.52 Å². The van der Waals surface area contributed by atoms with E-state index in [2.05, 4.69) is 0 Å². The van der Waals surface area contributed by atoms with E-state index in [1.54, 1.807) is 0 Å². The van der Waals surface area contributed by atoms with Crippen LogP contribution in [0.5, 0.6) is 0 Å². The van der Waals surface area contributed by atoms with Gasteiger partial charge in [-0.05, 0) is 32.3 Å². The Hall–Kier alpha value is 0.640. The van der Waals surface area contributed by atoms with Crippen molar-refractivity contribution in [2.24, 2.45) is 0 Å². The van der Waals surface area contributed by atoms with Crippen molar-refractivity contribution in [3.8, 4) is 0 Å². The maximum absolute atomic E-state index is 5.68. The fourth-order valence-corrected chi connectivity index (χ4v) is 0.959. The summed E-state index contributed by atoms with van der Waals surface area (Å²) in [5.74, 6) is 0. The van der Waals surface area contributed by atoms with Gasteiger partial charge in [-0.15, -0.1) is 0 Å². The molecule has 4 heteroatoms. The van der Waals surface area contributed by atoms with E-state index in [1.807, 2.05) is 25.7 Å². The van der Waals surface area contributed by atoms with E-state index >= 15 is 0 Å². The summed E-state index contributed by atoms with van der Waals surface area (Å²) in [6.07, 6.45) is 0. The minimum Gasteiger partial charge on any atom is -0.332 e. The highest BCUT2D eigenvalue weighted by molar-refractivity contribution is 7.78. The molecule has 1 unspecified atom stereocenters. The maximum Gasteiger partial charge on any atom is 0.206 e. The smallest absolute Gasteiger partial charge is 0.206 e. The average Bonchev–Trinajstić information content (AvgIpc) is 1.67. The Kier molecular flexibility index (Phi) is 4.87. The monoisotopic (exact) mass is 155 g/mol. The van der Waals surface area contributed by atoms with Gasteiger partial charge in [-0.25, -0.2) is 0 Å². The second kappa shape index (κ2) is 4.51. The topological polar surface area (TPSA) is 12.5 Å². The van der Waals surface area contributed by atoms with E-state index in [4.69, 9.17) is 15.8 Å². The molecule has 0 aromatic heterocycles. The molecule has 0 saturated heterocycles. The molecule has 0 aliphatic heterocycles. The molecule has 0 aromatic rings. The number of hydrogen-bond acceptors (Lipinski definition) is 2. The lowest BCUT2D eigenvalue weighted by atomic mass is 10.9. The highest BCUT2D eigenvalue weighted by Crippen LogP contribution is 2.43. The molecule has 0 spiro atoms. The van der Waals surface area contributed by atoms with Crippen LogP contribution in [-0.2, 0) is 4.52 Å². The van der Waals surface area contributed by atoms with Gasteiger partial charge in [-0.3, -0.25) is 4.67 Å². The predicted molar refractivity (Wildman–Crippen MR) is 38.1 cm³/mol. The molecule has 1 atom stereocenters. The van der Waals surface area contributed by atoms with Crippen molar-refractivity contribution in [2.75, 3.05) is 20.7 Å². The third-order valence-corrected chi connectivity index (χ3v) is 2.85. The molecule has 0 rings (SSSR count). The van der Waals surface area contributed by atoms with Gasteiger partial charge in [-0.1, -0.05) is 0 Å². The number of halogens is 1. The van der Waals surface area contributed by atoms with Crippen molar-refractivity contribution in [1.29, 1.82) is 0 Å². The molecule has 2 nitrogen and oxygen atoms in total. The van der Waals surface area contributed by atoms with Crippen molar-refractivity contribution >= 4 is 18.9 Å². The quantitative estimate of drug-likeness (QED) is 0.579. The lowest BCUT2D eigenvalue weighted by Gasteiger charge is -2.14. The van der Waals surface area contributed by atoms with Crippen LogP contribution in [0.15, 0.2) is 0 Å². The highest BCUT2D eigenvalue weighted by Gasteiger charge is 2.04. The molecular formula is C4H11ClNOP. The van der Waals surface area contributed by atoms with E-state index in [-0.39, 0.29) is 0 Å². The number of nitrogens with zero attached hydrogens (tertiary/aromatic N) is 1. The Morgan fingerprint density at radius 2 is 2.12 bits per heavy atom. The van der Waals surface area contributed by atoms with Crippen molar-refractivity contribution in [3.05, 3.63) is 0 Å². The second-order valence-corrected chi connectivity index (χ2v) is 3.87. The maximum atomic E-state index is 5.68. The van der Waals surface area contributed by atoms with Gasteiger partial charge in [0.25, 0.3) is 0 Å². The molecule has 0 aromatic carbocycles. The van der Waals surface area contributed by atoms with Crippen LogP contribution < -0.4 is 0 Å². The van der Waals surface area contributed by atoms with E-state index in [9.17, 15) is 0 Å². The molecular weight excluding hydrogens is 144 g/mol. The van der Waals surface area contributed by atoms with Crippen LogP contribution in [0.1, 0.15) is 6.92 Å². The fourth-order valence-electron chi connectivity index (χ4n) is 0.222. The van der Waals surface area contributed by atoms with Crippen LogP contribution in [0, 0.1) is 0 Å². The van der Waals surface area contributed by atoms with Crippen molar-refractivity contribution in [2.45, 2.75) is 6.92 Å². The SMILES string of the molecule is CCOP(Cl)N(C)C. The van der Waals surface area contributed by atoms with Gasteiger partial charge >= 0.3 is 0 Å². The lowest BCUT2D eigenvalue weighted by molar-refractivity contribution is 0.360. The van der Waals surface area contributed by atoms with Crippen LogP contribution in [0.2, 0.25) is 0 Å². The summed E-state index contributed by atoms with van der Waals surface area (Å²) in [6, 6.07) is 0. The van der Waals surface area contributed by atoms with Crippen LogP contribution in [-0.4, -0.2) is 25.4 Å². The molecule has 0 aliphatic carbocycles.